The van der Waals surface area contributed by atoms with Crippen molar-refractivity contribution in [1.82, 2.24) is 4.98 Å². The average Bonchev–Trinajstić information content (AvgIpc) is 2.59. The summed E-state index contributed by atoms with van der Waals surface area (Å²) in [6.07, 6.45) is 1.78. The van der Waals surface area contributed by atoms with Gasteiger partial charge in [0.25, 0.3) is 0 Å². The lowest BCUT2D eigenvalue weighted by Gasteiger charge is -2.18. The first-order chi connectivity index (χ1) is 12.4. The molecule has 2 aromatic carbocycles. The van der Waals surface area contributed by atoms with Crippen LogP contribution in [-0.2, 0) is 11.2 Å². The Kier molecular flexibility index (Phi) is 5.57. The standard InChI is InChI=1S/C21H16BrF2NO/c1-13-10-14(8-9-25-13)11-20(26)21(15-2-4-16(22)5-3-15)18-7-6-17(23)12-19(18)24/h2-10,12,21H,11H2,1H3. The maximum Gasteiger partial charge on any atom is 0.149 e. The first kappa shape index (κ1) is 18.4. The molecule has 0 aliphatic carbocycles. The van der Waals surface area contributed by atoms with Crippen LogP contribution in [0, 0.1) is 18.6 Å². The minimum Gasteiger partial charge on any atom is -0.298 e. The topological polar surface area (TPSA) is 30.0 Å². The Hall–Kier alpha value is -2.40. The molecule has 1 aromatic heterocycles. The lowest BCUT2D eigenvalue weighted by molar-refractivity contribution is -0.119. The summed E-state index contributed by atoms with van der Waals surface area (Å²) in [6.45, 7) is 1.85. The van der Waals surface area contributed by atoms with Crippen LogP contribution in [-0.4, -0.2) is 10.8 Å². The summed E-state index contributed by atoms with van der Waals surface area (Å²) in [5.41, 5.74) is 2.45. The molecule has 0 aliphatic heterocycles. The second-order valence-corrected chi connectivity index (χ2v) is 7.01. The summed E-state index contributed by atoms with van der Waals surface area (Å²) in [7, 11) is 0. The molecule has 3 aromatic rings. The van der Waals surface area contributed by atoms with Crippen LogP contribution in [0.4, 0.5) is 8.78 Å². The van der Waals surface area contributed by atoms with Crippen LogP contribution >= 0.6 is 15.9 Å². The van der Waals surface area contributed by atoms with Crippen molar-refractivity contribution in [3.63, 3.8) is 0 Å². The van der Waals surface area contributed by atoms with Gasteiger partial charge in [-0.2, -0.15) is 0 Å². The first-order valence-electron chi connectivity index (χ1n) is 8.08. The van der Waals surface area contributed by atoms with Crippen molar-refractivity contribution in [3.05, 3.63) is 99.3 Å². The predicted molar refractivity (Wildman–Crippen MR) is 100 cm³/mol. The van der Waals surface area contributed by atoms with Gasteiger partial charge < -0.3 is 0 Å². The Bertz CT molecular complexity index is 941. The van der Waals surface area contributed by atoms with Crippen molar-refractivity contribution in [3.8, 4) is 0 Å². The highest BCUT2D eigenvalue weighted by Gasteiger charge is 2.26. The number of halogens is 3. The minimum absolute atomic E-state index is 0.140. The third-order valence-electron chi connectivity index (χ3n) is 4.14. The fraction of sp³-hybridized carbons (Fsp3) is 0.143. The fourth-order valence-electron chi connectivity index (χ4n) is 2.95. The normalized spacial score (nSPS) is 12.0. The van der Waals surface area contributed by atoms with Gasteiger partial charge in [-0.05, 0) is 48.4 Å². The third kappa shape index (κ3) is 4.22. The van der Waals surface area contributed by atoms with Gasteiger partial charge in [0.05, 0.1) is 5.92 Å². The zero-order valence-electron chi connectivity index (χ0n) is 14.0. The number of ketones is 1. The summed E-state index contributed by atoms with van der Waals surface area (Å²) in [6, 6.07) is 14.1. The van der Waals surface area contributed by atoms with Crippen LogP contribution in [0.15, 0.2) is 65.3 Å². The van der Waals surface area contributed by atoms with E-state index in [9.17, 15) is 13.6 Å². The highest BCUT2D eigenvalue weighted by molar-refractivity contribution is 9.10. The molecule has 0 aliphatic rings. The van der Waals surface area contributed by atoms with Gasteiger partial charge in [0.2, 0.25) is 0 Å². The van der Waals surface area contributed by atoms with Crippen LogP contribution in [0.2, 0.25) is 0 Å². The largest absolute Gasteiger partial charge is 0.298 e. The van der Waals surface area contributed by atoms with Gasteiger partial charge in [0.15, 0.2) is 0 Å². The predicted octanol–water partition coefficient (Wildman–Crippen LogP) is 5.37. The molecule has 132 valence electrons. The number of nitrogens with zero attached hydrogens (tertiary/aromatic N) is 1. The minimum atomic E-state index is -0.808. The molecule has 1 heterocycles. The Morgan fingerprint density at radius 2 is 1.81 bits per heavy atom. The molecule has 0 spiro atoms. The summed E-state index contributed by atoms with van der Waals surface area (Å²) < 4.78 is 28.6. The van der Waals surface area contributed by atoms with Gasteiger partial charge in [0.1, 0.15) is 17.4 Å². The van der Waals surface area contributed by atoms with Gasteiger partial charge in [-0.15, -0.1) is 0 Å². The number of benzene rings is 2. The fourth-order valence-corrected chi connectivity index (χ4v) is 3.21. The second-order valence-electron chi connectivity index (χ2n) is 6.10. The van der Waals surface area contributed by atoms with Gasteiger partial charge in [-0.25, -0.2) is 8.78 Å². The van der Waals surface area contributed by atoms with Gasteiger partial charge >= 0.3 is 0 Å². The lowest BCUT2D eigenvalue weighted by atomic mass is 9.85. The highest BCUT2D eigenvalue weighted by atomic mass is 79.9. The summed E-state index contributed by atoms with van der Waals surface area (Å²) in [5.74, 6) is -2.37. The molecule has 0 saturated carbocycles. The SMILES string of the molecule is Cc1cc(CC(=O)C(c2ccc(Br)cc2)c2ccc(F)cc2F)ccn1. The molecule has 26 heavy (non-hydrogen) atoms. The van der Waals surface area contributed by atoms with Crippen molar-refractivity contribution >= 4 is 21.7 Å². The third-order valence-corrected chi connectivity index (χ3v) is 4.67. The Labute approximate surface area is 159 Å². The molecule has 0 radical (unpaired) electrons. The smallest absolute Gasteiger partial charge is 0.149 e. The van der Waals surface area contributed by atoms with E-state index < -0.39 is 17.6 Å². The Balaban J connectivity index is 2.02. The average molecular weight is 416 g/mol. The number of pyridine rings is 1. The number of hydrogen-bond acceptors (Lipinski definition) is 2. The molecular formula is C21H16BrF2NO. The molecule has 0 bridgehead atoms. The summed E-state index contributed by atoms with van der Waals surface area (Å²) >= 11 is 3.36. The van der Waals surface area contributed by atoms with Crippen LogP contribution in [0.5, 0.6) is 0 Å². The van der Waals surface area contributed by atoms with Gasteiger partial charge in [-0.3, -0.25) is 9.78 Å². The van der Waals surface area contributed by atoms with E-state index in [1.165, 1.54) is 12.1 Å². The van der Waals surface area contributed by atoms with Crippen molar-refractivity contribution in [2.75, 3.05) is 0 Å². The molecular weight excluding hydrogens is 400 g/mol. The van der Waals surface area contributed by atoms with Gasteiger partial charge in [0, 0.05) is 34.4 Å². The van der Waals surface area contributed by atoms with Crippen LogP contribution in [0.3, 0.4) is 0 Å². The Morgan fingerprint density at radius 1 is 1.08 bits per heavy atom. The van der Waals surface area contributed by atoms with E-state index >= 15 is 0 Å². The van der Waals surface area contributed by atoms with E-state index in [4.69, 9.17) is 0 Å². The lowest BCUT2D eigenvalue weighted by Crippen LogP contribution is -2.18. The molecule has 1 atom stereocenters. The molecule has 0 fully saturated rings. The van der Waals surface area contributed by atoms with Crippen molar-refractivity contribution in [1.29, 1.82) is 0 Å². The molecule has 0 amide bonds. The number of Topliss-reactive ketones (excluding diaryl/α,β-unsaturated/α-hetero) is 1. The van der Waals surface area contributed by atoms with E-state index in [1.54, 1.807) is 36.5 Å². The number of aryl methyl sites for hydroxylation is 1. The number of hydrogen-bond donors (Lipinski definition) is 0. The van der Waals surface area contributed by atoms with Crippen molar-refractivity contribution in [2.24, 2.45) is 0 Å². The molecule has 2 nitrogen and oxygen atoms in total. The Morgan fingerprint density at radius 3 is 2.46 bits per heavy atom. The maximum atomic E-state index is 14.4. The molecule has 1 unspecified atom stereocenters. The molecule has 0 N–H and O–H groups in total. The van der Waals surface area contributed by atoms with E-state index in [2.05, 4.69) is 20.9 Å². The van der Waals surface area contributed by atoms with Crippen LogP contribution in [0.25, 0.3) is 0 Å². The van der Waals surface area contributed by atoms with E-state index in [-0.39, 0.29) is 17.8 Å². The maximum absolute atomic E-state index is 14.4. The zero-order valence-corrected chi connectivity index (χ0v) is 15.6. The number of aromatic nitrogens is 1. The van der Waals surface area contributed by atoms with Crippen LogP contribution < -0.4 is 0 Å². The molecule has 3 rings (SSSR count). The number of carbonyl (C=O) groups is 1. The van der Waals surface area contributed by atoms with Crippen molar-refractivity contribution < 1.29 is 13.6 Å². The van der Waals surface area contributed by atoms with E-state index in [0.29, 0.717) is 5.56 Å². The number of rotatable bonds is 5. The highest BCUT2D eigenvalue weighted by Crippen LogP contribution is 2.30. The first-order valence-corrected chi connectivity index (χ1v) is 8.88. The second kappa shape index (κ2) is 7.87. The van der Waals surface area contributed by atoms with Crippen LogP contribution in [0.1, 0.15) is 28.3 Å². The van der Waals surface area contributed by atoms with Crippen molar-refractivity contribution in [2.45, 2.75) is 19.3 Å². The molecule has 5 heteroatoms. The van der Waals surface area contributed by atoms with E-state index in [0.717, 1.165) is 21.8 Å². The monoisotopic (exact) mass is 415 g/mol. The number of carbonyl (C=O) groups excluding carboxylic acids is 1. The summed E-state index contributed by atoms with van der Waals surface area (Å²) in [5, 5.41) is 0. The molecule has 0 saturated heterocycles. The summed E-state index contributed by atoms with van der Waals surface area (Å²) in [4.78, 5) is 17.2. The van der Waals surface area contributed by atoms with E-state index in [1.807, 2.05) is 13.0 Å². The quantitative estimate of drug-likeness (QED) is 0.560. The van der Waals surface area contributed by atoms with Gasteiger partial charge in [-0.1, -0.05) is 34.1 Å². The zero-order chi connectivity index (χ0) is 18.7.